The smallest absolute Gasteiger partial charge is 0.159 e. The lowest BCUT2D eigenvalue weighted by Crippen LogP contribution is -1.97. The minimum Gasteiger partial charge on any atom is -0.489 e. The summed E-state index contributed by atoms with van der Waals surface area (Å²) in [6, 6.07) is 25.8. The number of hydrogen-bond donors (Lipinski definition) is 0. The molecule has 3 rings (SSSR count). The number of hydrogen-bond acceptors (Lipinski definition) is 2. The lowest BCUT2D eigenvalue weighted by molar-refractivity contribution is 0.101. The summed E-state index contributed by atoms with van der Waals surface area (Å²) in [5.74, 6) is 0.911. The van der Waals surface area contributed by atoms with E-state index < -0.39 is 0 Å². The van der Waals surface area contributed by atoms with Gasteiger partial charge in [0.1, 0.15) is 12.4 Å². The highest BCUT2D eigenvalue weighted by Crippen LogP contribution is 2.22. The Labute approximate surface area is 136 Å². The van der Waals surface area contributed by atoms with Crippen LogP contribution >= 0.6 is 0 Å². The van der Waals surface area contributed by atoms with Crippen molar-refractivity contribution in [3.8, 4) is 16.9 Å². The summed E-state index contributed by atoms with van der Waals surface area (Å²) in [4.78, 5) is 11.3. The Kier molecular flexibility index (Phi) is 4.53. The predicted octanol–water partition coefficient (Wildman–Crippen LogP) is 5.14. The molecule has 0 aromatic heterocycles. The van der Waals surface area contributed by atoms with Crippen molar-refractivity contribution in [1.29, 1.82) is 0 Å². The number of ketones is 1. The molecular weight excluding hydrogens is 284 g/mol. The van der Waals surface area contributed by atoms with E-state index in [-0.39, 0.29) is 5.78 Å². The van der Waals surface area contributed by atoms with Crippen LogP contribution in [-0.2, 0) is 6.61 Å². The lowest BCUT2D eigenvalue weighted by Gasteiger charge is -2.08. The highest BCUT2D eigenvalue weighted by molar-refractivity contribution is 5.94. The van der Waals surface area contributed by atoms with Crippen molar-refractivity contribution >= 4 is 5.78 Å². The van der Waals surface area contributed by atoms with Crippen LogP contribution in [0.1, 0.15) is 22.8 Å². The van der Waals surface area contributed by atoms with Gasteiger partial charge in [-0.05, 0) is 35.7 Å². The van der Waals surface area contributed by atoms with E-state index in [0.29, 0.717) is 6.61 Å². The molecule has 0 N–H and O–H groups in total. The van der Waals surface area contributed by atoms with Gasteiger partial charge in [0.2, 0.25) is 0 Å². The molecule has 3 aromatic rings. The number of Topliss-reactive ketones (excluding diaryl/α,β-unsaturated/α-hetero) is 1. The molecule has 0 heterocycles. The van der Waals surface area contributed by atoms with E-state index in [1.165, 1.54) is 11.1 Å². The lowest BCUT2D eigenvalue weighted by atomic mass is 10.1. The molecule has 0 aliphatic rings. The SMILES string of the molecule is CC(=O)c1ccc(COc2ccc(-c3ccccc3)cc2)cc1. The second kappa shape index (κ2) is 6.93. The van der Waals surface area contributed by atoms with Crippen LogP contribution in [0.15, 0.2) is 78.9 Å². The van der Waals surface area contributed by atoms with Gasteiger partial charge in [0.05, 0.1) is 0 Å². The number of benzene rings is 3. The maximum Gasteiger partial charge on any atom is 0.159 e. The zero-order valence-corrected chi connectivity index (χ0v) is 13.0. The van der Waals surface area contributed by atoms with E-state index in [9.17, 15) is 4.79 Å². The quantitative estimate of drug-likeness (QED) is 0.610. The number of carbonyl (C=O) groups excluding carboxylic acids is 1. The molecule has 0 radical (unpaired) electrons. The van der Waals surface area contributed by atoms with E-state index in [4.69, 9.17) is 4.74 Å². The zero-order chi connectivity index (χ0) is 16.1. The van der Waals surface area contributed by atoms with Gasteiger partial charge in [-0.1, -0.05) is 66.7 Å². The molecule has 3 aromatic carbocycles. The first-order chi connectivity index (χ1) is 11.2. The number of ether oxygens (including phenoxy) is 1. The highest BCUT2D eigenvalue weighted by atomic mass is 16.5. The van der Waals surface area contributed by atoms with E-state index in [0.717, 1.165) is 16.9 Å². The van der Waals surface area contributed by atoms with Gasteiger partial charge in [-0.3, -0.25) is 4.79 Å². The van der Waals surface area contributed by atoms with Crippen LogP contribution in [0.5, 0.6) is 5.75 Å². The van der Waals surface area contributed by atoms with Crippen molar-refractivity contribution < 1.29 is 9.53 Å². The van der Waals surface area contributed by atoms with Gasteiger partial charge in [-0.15, -0.1) is 0 Å². The Balaban J connectivity index is 1.63. The summed E-state index contributed by atoms with van der Waals surface area (Å²) in [5.41, 5.74) is 4.13. The Morgan fingerprint density at radius 1 is 0.783 bits per heavy atom. The van der Waals surface area contributed by atoms with Crippen molar-refractivity contribution in [1.82, 2.24) is 0 Å². The molecule has 0 spiro atoms. The maximum absolute atomic E-state index is 11.3. The molecule has 23 heavy (non-hydrogen) atoms. The van der Waals surface area contributed by atoms with Crippen LogP contribution in [0.25, 0.3) is 11.1 Å². The van der Waals surface area contributed by atoms with Crippen molar-refractivity contribution in [3.63, 3.8) is 0 Å². The number of rotatable bonds is 5. The molecule has 0 amide bonds. The normalized spacial score (nSPS) is 10.3. The molecule has 0 aliphatic heterocycles. The van der Waals surface area contributed by atoms with Gasteiger partial charge in [0.25, 0.3) is 0 Å². The van der Waals surface area contributed by atoms with Crippen molar-refractivity contribution in [3.05, 3.63) is 90.0 Å². The van der Waals surface area contributed by atoms with Crippen molar-refractivity contribution in [2.75, 3.05) is 0 Å². The second-order valence-corrected chi connectivity index (χ2v) is 5.43. The Hall–Kier alpha value is -2.87. The summed E-state index contributed by atoms with van der Waals surface area (Å²) >= 11 is 0. The molecule has 0 saturated heterocycles. The number of carbonyl (C=O) groups is 1. The van der Waals surface area contributed by atoms with Crippen LogP contribution in [0, 0.1) is 0 Å². The first-order valence-electron chi connectivity index (χ1n) is 7.60. The fourth-order valence-electron chi connectivity index (χ4n) is 2.38. The minimum absolute atomic E-state index is 0.0777. The molecule has 0 aliphatic carbocycles. The summed E-state index contributed by atoms with van der Waals surface area (Å²) in [6.45, 7) is 2.06. The van der Waals surface area contributed by atoms with Gasteiger partial charge in [-0.2, -0.15) is 0 Å². The average Bonchev–Trinajstić information content (AvgIpc) is 2.61. The van der Waals surface area contributed by atoms with Crippen LogP contribution in [0.4, 0.5) is 0 Å². The van der Waals surface area contributed by atoms with Crippen molar-refractivity contribution in [2.24, 2.45) is 0 Å². The Bertz CT molecular complexity index is 772. The molecule has 0 fully saturated rings. The van der Waals surface area contributed by atoms with Gasteiger partial charge in [-0.25, -0.2) is 0 Å². The highest BCUT2D eigenvalue weighted by Gasteiger charge is 2.01. The molecule has 0 saturated carbocycles. The monoisotopic (exact) mass is 302 g/mol. The minimum atomic E-state index is 0.0777. The van der Waals surface area contributed by atoms with Gasteiger partial charge in [0.15, 0.2) is 5.78 Å². The van der Waals surface area contributed by atoms with E-state index >= 15 is 0 Å². The molecule has 0 bridgehead atoms. The molecule has 114 valence electrons. The molecular formula is C21H18O2. The van der Waals surface area contributed by atoms with Crippen molar-refractivity contribution in [2.45, 2.75) is 13.5 Å². The largest absolute Gasteiger partial charge is 0.489 e. The molecule has 0 unspecified atom stereocenters. The maximum atomic E-state index is 11.3. The van der Waals surface area contributed by atoms with Crippen LogP contribution in [0.3, 0.4) is 0 Å². The van der Waals surface area contributed by atoms with Gasteiger partial charge >= 0.3 is 0 Å². The molecule has 0 atom stereocenters. The fourth-order valence-corrected chi connectivity index (χ4v) is 2.38. The van der Waals surface area contributed by atoms with E-state index in [2.05, 4.69) is 24.3 Å². The third-order valence-electron chi connectivity index (χ3n) is 3.73. The van der Waals surface area contributed by atoms with Crippen LogP contribution < -0.4 is 4.74 Å². The Morgan fingerprint density at radius 3 is 2.00 bits per heavy atom. The summed E-state index contributed by atoms with van der Waals surface area (Å²) < 4.78 is 5.80. The first kappa shape index (κ1) is 15.0. The third kappa shape index (κ3) is 3.86. The van der Waals surface area contributed by atoms with Gasteiger partial charge < -0.3 is 4.74 Å². The summed E-state index contributed by atoms with van der Waals surface area (Å²) in [5, 5.41) is 0. The third-order valence-corrected chi connectivity index (χ3v) is 3.73. The Morgan fingerprint density at radius 2 is 1.39 bits per heavy atom. The topological polar surface area (TPSA) is 26.3 Å². The zero-order valence-electron chi connectivity index (χ0n) is 13.0. The van der Waals surface area contributed by atoms with Crippen LogP contribution in [-0.4, -0.2) is 5.78 Å². The fraction of sp³-hybridized carbons (Fsp3) is 0.0952. The summed E-state index contributed by atoms with van der Waals surface area (Å²) in [6.07, 6.45) is 0. The second-order valence-electron chi connectivity index (χ2n) is 5.43. The molecule has 2 nitrogen and oxygen atoms in total. The van der Waals surface area contributed by atoms with E-state index in [1.807, 2.05) is 54.6 Å². The van der Waals surface area contributed by atoms with E-state index in [1.54, 1.807) is 6.92 Å². The van der Waals surface area contributed by atoms with Crippen LogP contribution in [0.2, 0.25) is 0 Å². The van der Waals surface area contributed by atoms with Gasteiger partial charge in [0, 0.05) is 5.56 Å². The average molecular weight is 302 g/mol. The summed E-state index contributed by atoms with van der Waals surface area (Å²) in [7, 11) is 0. The standard InChI is InChI=1S/C21H18O2/c1-16(22)18-9-7-17(8-10-18)15-23-21-13-11-20(12-14-21)19-5-3-2-4-6-19/h2-14H,15H2,1H3. The molecule has 2 heteroatoms. The first-order valence-corrected chi connectivity index (χ1v) is 7.60. The predicted molar refractivity (Wildman–Crippen MR) is 92.7 cm³/mol.